The molecule has 0 radical (unpaired) electrons. The molecule has 4 rings (SSSR count). The average Bonchev–Trinajstić information content (AvgIpc) is 3.21. The van der Waals surface area contributed by atoms with Gasteiger partial charge in [0.15, 0.2) is 0 Å². The van der Waals surface area contributed by atoms with E-state index >= 15 is 0 Å². The second-order valence-corrected chi connectivity index (χ2v) is 7.61. The van der Waals surface area contributed by atoms with Crippen molar-refractivity contribution < 1.29 is 9.59 Å². The van der Waals surface area contributed by atoms with Crippen LogP contribution in [0.3, 0.4) is 0 Å². The van der Waals surface area contributed by atoms with Crippen molar-refractivity contribution in [3.05, 3.63) is 24.0 Å². The summed E-state index contributed by atoms with van der Waals surface area (Å²) in [7, 11) is 0. The van der Waals surface area contributed by atoms with Gasteiger partial charge < -0.3 is 14.8 Å². The zero-order valence-electron chi connectivity index (χ0n) is 13.6. The minimum absolute atomic E-state index is 0.128. The van der Waals surface area contributed by atoms with E-state index in [0.29, 0.717) is 12.3 Å². The number of hydrogen-bond donors (Lipinski definition) is 1. The van der Waals surface area contributed by atoms with Crippen molar-refractivity contribution in [3.63, 3.8) is 0 Å². The van der Waals surface area contributed by atoms with Crippen molar-refractivity contribution in [1.82, 2.24) is 14.8 Å². The van der Waals surface area contributed by atoms with Crippen molar-refractivity contribution in [2.45, 2.75) is 38.5 Å². The lowest BCUT2D eigenvalue weighted by atomic mass is 9.72. The number of H-pyrrole nitrogens is 1. The van der Waals surface area contributed by atoms with Gasteiger partial charge in [-0.05, 0) is 49.5 Å². The first-order valence-corrected chi connectivity index (χ1v) is 8.85. The monoisotopic (exact) mass is 315 g/mol. The molecular weight excluding hydrogens is 290 g/mol. The largest absolute Gasteiger partial charge is 0.367 e. The number of rotatable bonds is 3. The summed E-state index contributed by atoms with van der Waals surface area (Å²) >= 11 is 0. The molecule has 0 atom stereocenters. The van der Waals surface area contributed by atoms with Crippen LogP contribution in [0.1, 0.15) is 48.9 Å². The van der Waals surface area contributed by atoms with Gasteiger partial charge in [0.25, 0.3) is 5.91 Å². The van der Waals surface area contributed by atoms with Gasteiger partial charge >= 0.3 is 0 Å². The molecule has 1 aliphatic carbocycles. The average molecular weight is 315 g/mol. The molecule has 2 aliphatic heterocycles. The summed E-state index contributed by atoms with van der Waals surface area (Å²) < 4.78 is 0. The van der Waals surface area contributed by atoms with Crippen LogP contribution in [0.25, 0.3) is 0 Å². The van der Waals surface area contributed by atoms with E-state index < -0.39 is 0 Å². The molecule has 2 saturated heterocycles. The molecule has 5 nitrogen and oxygen atoms in total. The van der Waals surface area contributed by atoms with E-state index in [-0.39, 0.29) is 11.3 Å². The minimum Gasteiger partial charge on any atom is -0.367 e. The number of likely N-dealkylation sites (tertiary alicyclic amines) is 2. The van der Waals surface area contributed by atoms with Gasteiger partial charge in [-0.25, -0.2) is 0 Å². The Bertz CT molecular complexity index is 583. The van der Waals surface area contributed by atoms with Gasteiger partial charge in [0.2, 0.25) is 5.91 Å². The maximum Gasteiger partial charge on any atom is 0.255 e. The quantitative estimate of drug-likeness (QED) is 0.930. The third kappa shape index (κ3) is 3.01. The number of amides is 2. The highest BCUT2D eigenvalue weighted by Crippen LogP contribution is 2.42. The smallest absolute Gasteiger partial charge is 0.255 e. The zero-order valence-corrected chi connectivity index (χ0v) is 13.6. The number of piperidine rings is 2. The summed E-state index contributed by atoms with van der Waals surface area (Å²) in [5.74, 6) is 1.22. The number of aromatic nitrogens is 1. The second-order valence-electron chi connectivity index (χ2n) is 7.61. The highest BCUT2D eigenvalue weighted by atomic mass is 16.2. The fourth-order valence-electron chi connectivity index (χ4n) is 4.11. The highest BCUT2D eigenvalue weighted by Gasteiger charge is 2.42. The molecule has 5 heteroatoms. The molecule has 1 N–H and O–H groups in total. The van der Waals surface area contributed by atoms with Gasteiger partial charge in [-0.1, -0.05) is 0 Å². The normalized spacial score (nSPS) is 24.3. The van der Waals surface area contributed by atoms with Crippen molar-refractivity contribution in [2.75, 3.05) is 26.2 Å². The first-order chi connectivity index (χ1) is 11.2. The number of nitrogens with one attached hydrogen (secondary N) is 1. The van der Waals surface area contributed by atoms with Crippen LogP contribution in [-0.4, -0.2) is 52.8 Å². The van der Waals surface area contributed by atoms with E-state index in [0.717, 1.165) is 56.9 Å². The van der Waals surface area contributed by atoms with Gasteiger partial charge in [-0.3, -0.25) is 9.59 Å². The molecule has 1 aromatic rings. The summed E-state index contributed by atoms with van der Waals surface area (Å²) in [6.07, 6.45) is 9.88. The van der Waals surface area contributed by atoms with Crippen molar-refractivity contribution in [1.29, 1.82) is 0 Å². The van der Waals surface area contributed by atoms with E-state index in [4.69, 9.17) is 0 Å². The Labute approximate surface area is 137 Å². The van der Waals surface area contributed by atoms with E-state index in [2.05, 4.69) is 9.88 Å². The molecule has 0 unspecified atom stereocenters. The Morgan fingerprint density at radius 3 is 2.70 bits per heavy atom. The summed E-state index contributed by atoms with van der Waals surface area (Å²) in [5.41, 5.74) is 0.993. The molecule has 3 fully saturated rings. The van der Waals surface area contributed by atoms with Crippen molar-refractivity contribution in [3.8, 4) is 0 Å². The molecule has 23 heavy (non-hydrogen) atoms. The van der Waals surface area contributed by atoms with Gasteiger partial charge in [-0.2, -0.15) is 0 Å². The fraction of sp³-hybridized carbons (Fsp3) is 0.667. The van der Waals surface area contributed by atoms with Gasteiger partial charge in [0, 0.05) is 45.0 Å². The number of carbonyl (C=O) groups excluding carboxylic acids is 2. The molecule has 1 saturated carbocycles. The van der Waals surface area contributed by atoms with Gasteiger partial charge in [0.05, 0.1) is 5.56 Å². The highest BCUT2D eigenvalue weighted by molar-refractivity contribution is 5.94. The topological polar surface area (TPSA) is 56.4 Å². The van der Waals surface area contributed by atoms with Crippen LogP contribution in [0.5, 0.6) is 0 Å². The predicted molar refractivity (Wildman–Crippen MR) is 86.9 cm³/mol. The van der Waals surface area contributed by atoms with E-state index in [9.17, 15) is 9.59 Å². The zero-order chi connectivity index (χ0) is 15.9. The first kappa shape index (κ1) is 14.8. The summed E-state index contributed by atoms with van der Waals surface area (Å²) in [6, 6.07) is 1.84. The Balaban J connectivity index is 1.38. The lowest BCUT2D eigenvalue weighted by Crippen LogP contribution is -2.52. The van der Waals surface area contributed by atoms with Crippen molar-refractivity contribution >= 4 is 11.8 Å². The molecule has 0 bridgehead atoms. The van der Waals surface area contributed by atoms with E-state index in [1.54, 1.807) is 12.4 Å². The Kier molecular flexibility index (Phi) is 3.66. The summed E-state index contributed by atoms with van der Waals surface area (Å²) in [4.78, 5) is 31.6. The van der Waals surface area contributed by atoms with Gasteiger partial charge in [0.1, 0.15) is 0 Å². The summed E-state index contributed by atoms with van der Waals surface area (Å²) in [5, 5.41) is 0. The second kappa shape index (κ2) is 5.69. The van der Waals surface area contributed by atoms with Crippen LogP contribution >= 0.6 is 0 Å². The number of aromatic amines is 1. The molecule has 1 spiro atoms. The maximum atomic E-state index is 12.4. The minimum atomic E-state index is 0.128. The molecule has 3 heterocycles. The molecule has 1 aromatic heterocycles. The SMILES string of the molecule is O=C1CCC2(CCN(C(=O)c3cc[nH]c3)CC2)CN1CC1CC1. The Morgan fingerprint density at radius 1 is 1.26 bits per heavy atom. The molecule has 3 aliphatic rings. The van der Waals surface area contributed by atoms with Crippen molar-refractivity contribution in [2.24, 2.45) is 11.3 Å². The first-order valence-electron chi connectivity index (χ1n) is 8.85. The van der Waals surface area contributed by atoms with Crippen LogP contribution in [-0.2, 0) is 4.79 Å². The van der Waals surface area contributed by atoms with Crippen LogP contribution in [0, 0.1) is 11.3 Å². The molecule has 0 aromatic carbocycles. The number of hydrogen-bond acceptors (Lipinski definition) is 2. The predicted octanol–water partition coefficient (Wildman–Crippen LogP) is 2.27. The van der Waals surface area contributed by atoms with E-state index in [1.165, 1.54) is 12.8 Å². The van der Waals surface area contributed by atoms with Gasteiger partial charge in [-0.15, -0.1) is 0 Å². The third-order valence-corrected chi connectivity index (χ3v) is 5.88. The number of carbonyl (C=O) groups is 2. The molecule has 124 valence electrons. The van der Waals surface area contributed by atoms with Crippen LogP contribution in [0.15, 0.2) is 18.5 Å². The van der Waals surface area contributed by atoms with Crippen LogP contribution < -0.4 is 0 Å². The van der Waals surface area contributed by atoms with E-state index in [1.807, 2.05) is 11.0 Å². The molecule has 2 amide bonds. The summed E-state index contributed by atoms with van der Waals surface area (Å²) in [6.45, 7) is 3.51. The fourth-order valence-corrected chi connectivity index (χ4v) is 4.11. The Hall–Kier alpha value is -1.78. The lowest BCUT2D eigenvalue weighted by Gasteiger charge is -2.47. The Morgan fingerprint density at radius 2 is 2.04 bits per heavy atom. The lowest BCUT2D eigenvalue weighted by molar-refractivity contribution is -0.139. The third-order valence-electron chi connectivity index (χ3n) is 5.88. The maximum absolute atomic E-state index is 12.4. The van der Waals surface area contributed by atoms with Crippen LogP contribution in [0.4, 0.5) is 0 Å². The van der Waals surface area contributed by atoms with Crippen LogP contribution in [0.2, 0.25) is 0 Å². The molecular formula is C18H25N3O2. The number of nitrogens with zero attached hydrogens (tertiary/aromatic N) is 2. The standard InChI is InChI=1S/C18H25N3O2/c22-16-3-5-18(13-21(16)12-14-1-2-14)6-9-20(10-7-18)17(23)15-4-8-19-11-15/h4,8,11,14,19H,1-3,5-7,9-10,12-13H2.